The van der Waals surface area contributed by atoms with Gasteiger partial charge in [-0.1, -0.05) is 60.8 Å². The molecule has 0 saturated carbocycles. The molecule has 0 aliphatic rings. The molecule has 0 nitrogen and oxygen atoms in total. The second-order valence-corrected chi connectivity index (χ2v) is 6.29. The first kappa shape index (κ1) is 13.0. The Kier molecular flexibility index (Phi) is 5.02. The molecule has 0 aromatic carbocycles. The molecule has 0 aromatic heterocycles. The van der Waals surface area contributed by atoms with Crippen molar-refractivity contribution in [2.24, 2.45) is 10.8 Å². The van der Waals surface area contributed by atoms with Gasteiger partial charge in [-0.2, -0.15) is 0 Å². The molecule has 0 atom stereocenters. The zero-order chi connectivity index (χ0) is 10.5. The van der Waals surface area contributed by atoms with Gasteiger partial charge in [0.2, 0.25) is 0 Å². The second-order valence-electron chi connectivity index (χ2n) is 6.29. The van der Waals surface area contributed by atoms with E-state index >= 15 is 0 Å². The molecule has 0 spiro atoms. The minimum absolute atomic E-state index is 0.524. The molecule has 0 radical (unpaired) electrons. The van der Waals surface area contributed by atoms with Crippen LogP contribution in [0.25, 0.3) is 0 Å². The third kappa shape index (κ3) is 8.33. The summed E-state index contributed by atoms with van der Waals surface area (Å²) < 4.78 is 0. The van der Waals surface area contributed by atoms with E-state index in [0.717, 1.165) is 0 Å². The zero-order valence-corrected chi connectivity index (χ0v) is 10.5. The van der Waals surface area contributed by atoms with Gasteiger partial charge in [-0.25, -0.2) is 0 Å². The van der Waals surface area contributed by atoms with Crippen molar-refractivity contribution in [2.45, 2.75) is 73.6 Å². The average molecular weight is 184 g/mol. The maximum Gasteiger partial charge on any atom is -0.0357 e. The lowest BCUT2D eigenvalue weighted by Gasteiger charge is -2.23. The third-order valence-corrected chi connectivity index (χ3v) is 2.99. The van der Waals surface area contributed by atoms with Crippen molar-refractivity contribution in [1.82, 2.24) is 0 Å². The second kappa shape index (κ2) is 5.02. The largest absolute Gasteiger partial charge is 0.0649 e. The standard InChI is InChI=1S/C13H28/c1-7-13(5,6)11-9-8-10-12(2,3)4/h7-11H2,1-6H3. The monoisotopic (exact) mass is 184 g/mol. The molecule has 0 aliphatic carbocycles. The predicted molar refractivity (Wildman–Crippen MR) is 62.0 cm³/mol. The molecule has 0 aliphatic heterocycles. The van der Waals surface area contributed by atoms with Gasteiger partial charge in [0, 0.05) is 0 Å². The summed E-state index contributed by atoms with van der Waals surface area (Å²) in [5.74, 6) is 0. The van der Waals surface area contributed by atoms with E-state index in [0.29, 0.717) is 10.8 Å². The molecule has 0 amide bonds. The molecule has 0 N–H and O–H groups in total. The first-order valence-corrected chi connectivity index (χ1v) is 5.77. The van der Waals surface area contributed by atoms with Crippen molar-refractivity contribution in [2.75, 3.05) is 0 Å². The van der Waals surface area contributed by atoms with Gasteiger partial charge in [0.25, 0.3) is 0 Å². The molecule has 13 heavy (non-hydrogen) atoms. The summed E-state index contributed by atoms with van der Waals surface area (Å²) in [6, 6.07) is 0. The molecule has 0 heteroatoms. The fourth-order valence-corrected chi connectivity index (χ4v) is 1.44. The smallest absolute Gasteiger partial charge is 0.0357 e. The highest BCUT2D eigenvalue weighted by Crippen LogP contribution is 2.29. The van der Waals surface area contributed by atoms with Crippen molar-refractivity contribution < 1.29 is 0 Å². The summed E-state index contributed by atoms with van der Waals surface area (Å²) in [5, 5.41) is 0. The van der Waals surface area contributed by atoms with Gasteiger partial charge in [-0.05, 0) is 23.7 Å². The van der Waals surface area contributed by atoms with Gasteiger partial charge in [-0.15, -0.1) is 0 Å². The molecule has 0 unspecified atom stereocenters. The summed E-state index contributed by atoms with van der Waals surface area (Å²) in [6.07, 6.45) is 6.86. The highest BCUT2D eigenvalue weighted by Gasteiger charge is 2.15. The van der Waals surface area contributed by atoms with Crippen LogP contribution in [-0.2, 0) is 0 Å². The van der Waals surface area contributed by atoms with Crippen LogP contribution < -0.4 is 0 Å². The molecule has 0 heterocycles. The minimum atomic E-state index is 0.524. The molecular weight excluding hydrogens is 156 g/mol. The van der Waals surface area contributed by atoms with Crippen molar-refractivity contribution in [3.8, 4) is 0 Å². The molecule has 80 valence electrons. The Morgan fingerprint density at radius 2 is 1.23 bits per heavy atom. The van der Waals surface area contributed by atoms with Crippen LogP contribution in [0.3, 0.4) is 0 Å². The maximum atomic E-state index is 2.38. The van der Waals surface area contributed by atoms with Crippen LogP contribution in [0.15, 0.2) is 0 Å². The van der Waals surface area contributed by atoms with Crippen molar-refractivity contribution in [3.05, 3.63) is 0 Å². The normalized spacial score (nSPS) is 13.4. The van der Waals surface area contributed by atoms with Crippen LogP contribution in [0.5, 0.6) is 0 Å². The van der Waals surface area contributed by atoms with Gasteiger partial charge in [0.1, 0.15) is 0 Å². The van der Waals surface area contributed by atoms with E-state index in [1.807, 2.05) is 0 Å². The van der Waals surface area contributed by atoms with E-state index in [9.17, 15) is 0 Å². The highest BCUT2D eigenvalue weighted by molar-refractivity contribution is 4.67. The van der Waals surface area contributed by atoms with Crippen molar-refractivity contribution >= 4 is 0 Å². The van der Waals surface area contributed by atoms with Crippen LogP contribution in [0, 0.1) is 10.8 Å². The number of hydrogen-bond acceptors (Lipinski definition) is 0. The SMILES string of the molecule is CCC(C)(C)CCCCC(C)(C)C. The molecule has 0 saturated heterocycles. The summed E-state index contributed by atoms with van der Waals surface area (Å²) in [6.45, 7) is 14.0. The quantitative estimate of drug-likeness (QED) is 0.526. The molecule has 0 bridgehead atoms. The van der Waals surface area contributed by atoms with Crippen LogP contribution in [0.4, 0.5) is 0 Å². The Balaban J connectivity index is 3.47. The van der Waals surface area contributed by atoms with Crippen molar-refractivity contribution in [3.63, 3.8) is 0 Å². The maximum absolute atomic E-state index is 2.38. The number of hydrogen-bond donors (Lipinski definition) is 0. The van der Waals surface area contributed by atoms with E-state index in [4.69, 9.17) is 0 Å². The Labute approximate surface area is 85.1 Å². The summed E-state index contributed by atoms with van der Waals surface area (Å²) in [7, 11) is 0. The first-order valence-electron chi connectivity index (χ1n) is 5.77. The topological polar surface area (TPSA) is 0 Å². The van der Waals surface area contributed by atoms with E-state index in [2.05, 4.69) is 41.5 Å². The average Bonchev–Trinajstić information content (AvgIpc) is 1.97. The van der Waals surface area contributed by atoms with Crippen molar-refractivity contribution in [1.29, 1.82) is 0 Å². The third-order valence-electron chi connectivity index (χ3n) is 2.99. The van der Waals surface area contributed by atoms with Crippen LogP contribution >= 0.6 is 0 Å². The zero-order valence-electron chi connectivity index (χ0n) is 10.5. The summed E-state index contributed by atoms with van der Waals surface area (Å²) in [5.41, 5.74) is 1.09. The fraction of sp³-hybridized carbons (Fsp3) is 1.00. The first-order chi connectivity index (χ1) is 5.77. The van der Waals surface area contributed by atoms with E-state index in [1.54, 1.807) is 0 Å². The summed E-state index contributed by atoms with van der Waals surface area (Å²) >= 11 is 0. The van der Waals surface area contributed by atoms with Gasteiger partial charge in [0.05, 0.1) is 0 Å². The highest BCUT2D eigenvalue weighted by atomic mass is 14.2. The molecular formula is C13H28. The van der Waals surface area contributed by atoms with Gasteiger partial charge in [-0.3, -0.25) is 0 Å². The number of rotatable bonds is 5. The molecule has 0 fully saturated rings. The summed E-state index contributed by atoms with van der Waals surface area (Å²) in [4.78, 5) is 0. The van der Waals surface area contributed by atoms with Crippen LogP contribution in [-0.4, -0.2) is 0 Å². The number of unbranched alkanes of at least 4 members (excludes halogenated alkanes) is 1. The predicted octanol–water partition coefficient (Wildman–Crippen LogP) is 5.03. The lowest BCUT2D eigenvalue weighted by molar-refractivity contribution is 0.289. The molecule has 0 rings (SSSR count). The van der Waals surface area contributed by atoms with Crippen LogP contribution in [0.1, 0.15) is 73.6 Å². The Morgan fingerprint density at radius 1 is 0.769 bits per heavy atom. The van der Waals surface area contributed by atoms with Gasteiger partial charge in [0.15, 0.2) is 0 Å². The van der Waals surface area contributed by atoms with E-state index < -0.39 is 0 Å². The Bertz CT molecular complexity index is 125. The van der Waals surface area contributed by atoms with Crippen LogP contribution in [0.2, 0.25) is 0 Å². The van der Waals surface area contributed by atoms with E-state index in [-0.39, 0.29) is 0 Å². The fourth-order valence-electron chi connectivity index (χ4n) is 1.44. The van der Waals surface area contributed by atoms with Gasteiger partial charge >= 0.3 is 0 Å². The Hall–Kier alpha value is 0. The van der Waals surface area contributed by atoms with E-state index in [1.165, 1.54) is 32.1 Å². The Morgan fingerprint density at radius 3 is 1.62 bits per heavy atom. The minimum Gasteiger partial charge on any atom is -0.0649 e. The lowest BCUT2D eigenvalue weighted by Crippen LogP contribution is -2.10. The molecule has 0 aromatic rings. The lowest BCUT2D eigenvalue weighted by atomic mass is 9.82. The van der Waals surface area contributed by atoms with Gasteiger partial charge < -0.3 is 0 Å².